The Labute approximate surface area is 115 Å². The lowest BCUT2D eigenvalue weighted by Gasteiger charge is -2.09. The van der Waals surface area contributed by atoms with E-state index in [4.69, 9.17) is 11.6 Å². The number of hydrogen-bond donors (Lipinski definition) is 2. The maximum Gasteiger partial charge on any atom is 0.196 e. The summed E-state index contributed by atoms with van der Waals surface area (Å²) in [5.41, 5.74) is 2.85. The largest absolute Gasteiger partial charge is 0.507 e. The van der Waals surface area contributed by atoms with E-state index in [1.807, 2.05) is 19.1 Å². The molecular weight excluding hydrogens is 264 g/mol. The van der Waals surface area contributed by atoms with Crippen LogP contribution in [0.1, 0.15) is 28.4 Å². The Morgan fingerprint density at radius 2 is 1.84 bits per heavy atom. The van der Waals surface area contributed by atoms with Crippen molar-refractivity contribution in [3.05, 3.63) is 46.0 Å². The zero-order valence-electron chi connectivity index (χ0n) is 10.2. The monoisotopic (exact) mass is 274 g/mol. The van der Waals surface area contributed by atoms with Gasteiger partial charge in [0, 0.05) is 22.8 Å². The second-order valence-electron chi connectivity index (χ2n) is 4.50. The fourth-order valence-corrected chi connectivity index (χ4v) is 2.85. The molecule has 0 amide bonds. The molecule has 2 aromatic carbocycles. The summed E-state index contributed by atoms with van der Waals surface area (Å²) in [5, 5.41) is 19.7. The molecule has 0 heterocycles. The van der Waals surface area contributed by atoms with Crippen LogP contribution in [-0.4, -0.2) is 16.0 Å². The molecule has 2 N–H and O–H groups in total. The molecule has 2 aromatic rings. The quantitative estimate of drug-likeness (QED) is 0.714. The van der Waals surface area contributed by atoms with E-state index in [0.717, 1.165) is 17.5 Å². The van der Waals surface area contributed by atoms with Crippen molar-refractivity contribution < 1.29 is 15.0 Å². The SMILES string of the molecule is CCc1cccc2c1-c1c(O)cc(O)c(Cl)c1C2=O. The van der Waals surface area contributed by atoms with Crippen LogP contribution in [0.3, 0.4) is 0 Å². The van der Waals surface area contributed by atoms with Crippen molar-refractivity contribution in [1.29, 1.82) is 0 Å². The van der Waals surface area contributed by atoms with Crippen molar-refractivity contribution in [3.63, 3.8) is 0 Å². The van der Waals surface area contributed by atoms with Gasteiger partial charge in [-0.3, -0.25) is 4.79 Å². The number of carbonyl (C=O) groups is 1. The van der Waals surface area contributed by atoms with E-state index in [2.05, 4.69) is 0 Å². The van der Waals surface area contributed by atoms with Gasteiger partial charge >= 0.3 is 0 Å². The van der Waals surface area contributed by atoms with E-state index in [0.29, 0.717) is 11.1 Å². The molecule has 1 aliphatic rings. The Balaban J connectivity index is 2.47. The average molecular weight is 275 g/mol. The molecule has 3 nitrogen and oxygen atoms in total. The highest BCUT2D eigenvalue weighted by molar-refractivity contribution is 6.39. The van der Waals surface area contributed by atoms with Crippen molar-refractivity contribution in [1.82, 2.24) is 0 Å². The Morgan fingerprint density at radius 3 is 2.53 bits per heavy atom. The fourth-order valence-electron chi connectivity index (χ4n) is 2.61. The molecule has 0 unspecified atom stereocenters. The molecule has 0 atom stereocenters. The summed E-state index contributed by atoms with van der Waals surface area (Å²) in [7, 11) is 0. The summed E-state index contributed by atoms with van der Waals surface area (Å²) >= 11 is 6.01. The number of phenols is 2. The van der Waals surface area contributed by atoms with Gasteiger partial charge in [0.25, 0.3) is 0 Å². The Hall–Kier alpha value is -2.00. The van der Waals surface area contributed by atoms with Crippen molar-refractivity contribution in [2.45, 2.75) is 13.3 Å². The van der Waals surface area contributed by atoms with Crippen LogP contribution in [0.4, 0.5) is 0 Å². The zero-order valence-corrected chi connectivity index (χ0v) is 11.0. The van der Waals surface area contributed by atoms with Crippen LogP contribution in [-0.2, 0) is 6.42 Å². The van der Waals surface area contributed by atoms with Crippen LogP contribution in [0.25, 0.3) is 11.1 Å². The first kappa shape index (κ1) is 12.1. The van der Waals surface area contributed by atoms with Gasteiger partial charge in [-0.2, -0.15) is 0 Å². The summed E-state index contributed by atoms with van der Waals surface area (Å²) in [5.74, 6) is -0.654. The lowest BCUT2D eigenvalue weighted by atomic mass is 9.97. The third kappa shape index (κ3) is 1.48. The van der Waals surface area contributed by atoms with Crippen LogP contribution in [0.15, 0.2) is 24.3 Å². The van der Waals surface area contributed by atoms with E-state index >= 15 is 0 Å². The minimum atomic E-state index is -0.280. The number of benzene rings is 2. The number of aromatic hydroxyl groups is 2. The molecule has 4 heteroatoms. The van der Waals surface area contributed by atoms with E-state index in [1.165, 1.54) is 6.07 Å². The van der Waals surface area contributed by atoms with Crippen LogP contribution in [0.2, 0.25) is 5.02 Å². The fraction of sp³-hybridized carbons (Fsp3) is 0.133. The van der Waals surface area contributed by atoms with E-state index in [1.54, 1.807) is 6.07 Å². The molecule has 0 spiro atoms. The highest BCUT2D eigenvalue weighted by Crippen LogP contribution is 2.49. The lowest BCUT2D eigenvalue weighted by molar-refractivity contribution is 0.104. The molecular formula is C15H11ClO3. The number of rotatable bonds is 1. The number of phenolic OH excluding ortho intramolecular Hbond substituents is 2. The second kappa shape index (κ2) is 4.00. The smallest absolute Gasteiger partial charge is 0.196 e. The number of halogens is 1. The normalized spacial score (nSPS) is 12.4. The van der Waals surface area contributed by atoms with E-state index in [-0.39, 0.29) is 27.9 Å². The Morgan fingerprint density at radius 1 is 1.11 bits per heavy atom. The van der Waals surface area contributed by atoms with E-state index < -0.39 is 0 Å². The summed E-state index contributed by atoms with van der Waals surface area (Å²) in [6.45, 7) is 1.98. The molecule has 96 valence electrons. The van der Waals surface area contributed by atoms with E-state index in [9.17, 15) is 15.0 Å². The summed E-state index contributed by atoms with van der Waals surface area (Å²) in [4.78, 5) is 12.4. The predicted octanol–water partition coefficient (Wildman–Crippen LogP) is 3.53. The molecule has 0 aliphatic heterocycles. The summed E-state index contributed by atoms with van der Waals surface area (Å²) < 4.78 is 0. The first-order chi connectivity index (χ1) is 9.06. The molecule has 0 fully saturated rings. The first-order valence-electron chi connectivity index (χ1n) is 5.97. The van der Waals surface area contributed by atoms with Crippen LogP contribution in [0.5, 0.6) is 11.5 Å². The predicted molar refractivity (Wildman–Crippen MR) is 73.0 cm³/mol. The van der Waals surface area contributed by atoms with Gasteiger partial charge in [-0.25, -0.2) is 0 Å². The number of ketones is 1. The number of fused-ring (bicyclic) bond motifs is 3. The minimum Gasteiger partial charge on any atom is -0.507 e. The Bertz CT molecular complexity index is 720. The minimum absolute atomic E-state index is 0.00365. The second-order valence-corrected chi connectivity index (χ2v) is 4.88. The van der Waals surface area contributed by atoms with Crippen LogP contribution >= 0.6 is 11.6 Å². The van der Waals surface area contributed by atoms with Crippen molar-refractivity contribution in [2.24, 2.45) is 0 Å². The third-order valence-electron chi connectivity index (χ3n) is 3.48. The van der Waals surface area contributed by atoms with Crippen molar-refractivity contribution >= 4 is 17.4 Å². The molecule has 0 saturated carbocycles. The molecule has 0 aromatic heterocycles. The van der Waals surface area contributed by atoms with Crippen molar-refractivity contribution in [2.75, 3.05) is 0 Å². The van der Waals surface area contributed by atoms with Crippen molar-refractivity contribution in [3.8, 4) is 22.6 Å². The third-order valence-corrected chi connectivity index (χ3v) is 3.86. The molecule has 0 bridgehead atoms. The van der Waals surface area contributed by atoms with Crippen LogP contribution < -0.4 is 0 Å². The molecule has 0 saturated heterocycles. The van der Waals surface area contributed by atoms with Gasteiger partial charge < -0.3 is 10.2 Å². The number of carbonyl (C=O) groups excluding carboxylic acids is 1. The lowest BCUT2D eigenvalue weighted by Crippen LogP contribution is -1.96. The first-order valence-corrected chi connectivity index (χ1v) is 6.35. The highest BCUT2D eigenvalue weighted by Gasteiger charge is 2.34. The summed E-state index contributed by atoms with van der Waals surface area (Å²) in [6, 6.07) is 6.62. The molecule has 3 rings (SSSR count). The van der Waals surface area contributed by atoms with Gasteiger partial charge in [0.1, 0.15) is 11.5 Å². The van der Waals surface area contributed by atoms with Gasteiger partial charge in [0.05, 0.1) is 10.6 Å². The standard InChI is InChI=1S/C15H11ClO3/c1-2-7-4-3-5-8-11(7)12-9(17)6-10(18)14(16)13(12)15(8)19/h3-6,17-18H,2H2,1H3. The van der Waals surface area contributed by atoms with Gasteiger partial charge in [-0.15, -0.1) is 0 Å². The number of hydrogen-bond acceptors (Lipinski definition) is 3. The van der Waals surface area contributed by atoms with Gasteiger partial charge in [0.2, 0.25) is 0 Å². The maximum absolute atomic E-state index is 12.4. The summed E-state index contributed by atoms with van der Waals surface area (Å²) in [6.07, 6.45) is 0.744. The zero-order chi connectivity index (χ0) is 13.7. The van der Waals surface area contributed by atoms with Gasteiger partial charge in [-0.05, 0) is 12.0 Å². The molecule has 19 heavy (non-hydrogen) atoms. The topological polar surface area (TPSA) is 57.5 Å². The van der Waals surface area contributed by atoms with Crippen LogP contribution in [0, 0.1) is 0 Å². The Kier molecular flexibility index (Phi) is 2.54. The molecule has 1 aliphatic carbocycles. The van der Waals surface area contributed by atoms with Gasteiger partial charge in [-0.1, -0.05) is 36.7 Å². The van der Waals surface area contributed by atoms with Gasteiger partial charge in [0.15, 0.2) is 5.78 Å². The molecule has 0 radical (unpaired) electrons. The average Bonchev–Trinajstić information content (AvgIpc) is 2.70. The highest BCUT2D eigenvalue weighted by atomic mass is 35.5. The number of aryl methyl sites for hydroxylation is 1. The maximum atomic E-state index is 12.4.